The fourth-order valence-electron chi connectivity index (χ4n) is 1.60. The van der Waals surface area contributed by atoms with Gasteiger partial charge in [-0.3, -0.25) is 0 Å². The number of rotatable bonds is 5. The van der Waals surface area contributed by atoms with E-state index in [1.807, 2.05) is 31.2 Å². The van der Waals surface area contributed by atoms with Gasteiger partial charge in [0, 0.05) is 11.6 Å². The maximum atomic E-state index is 11.5. The van der Waals surface area contributed by atoms with Crippen molar-refractivity contribution in [1.29, 1.82) is 0 Å². The van der Waals surface area contributed by atoms with E-state index in [-0.39, 0.29) is 5.76 Å². The molecule has 2 aromatic rings. The Bertz CT molecular complexity index is 545. The Balaban J connectivity index is 2.15. The van der Waals surface area contributed by atoms with Crippen LogP contribution in [0.2, 0.25) is 0 Å². The number of hydrogen-bond acceptors (Lipinski definition) is 5. The molecular formula is C14H15NO4. The predicted octanol–water partition coefficient (Wildman–Crippen LogP) is 2.92. The standard InChI is InChI=1S/C14H15NO4/c1-3-17-11-7-5-10(6-8-11)12-9-13(19-15-12)14(16)18-4-2/h5-9H,3-4H2,1-2H3. The molecule has 2 rings (SSSR count). The average Bonchev–Trinajstić information content (AvgIpc) is 2.90. The maximum absolute atomic E-state index is 11.5. The van der Waals surface area contributed by atoms with Crippen molar-refractivity contribution in [2.45, 2.75) is 13.8 Å². The van der Waals surface area contributed by atoms with E-state index in [0.29, 0.717) is 18.9 Å². The molecule has 0 saturated carbocycles. The topological polar surface area (TPSA) is 61.6 Å². The van der Waals surface area contributed by atoms with Gasteiger partial charge < -0.3 is 14.0 Å². The lowest BCUT2D eigenvalue weighted by Crippen LogP contribution is -2.02. The van der Waals surface area contributed by atoms with E-state index in [1.165, 1.54) is 0 Å². The zero-order valence-electron chi connectivity index (χ0n) is 10.9. The molecule has 1 heterocycles. The summed E-state index contributed by atoms with van der Waals surface area (Å²) in [5, 5.41) is 3.85. The van der Waals surface area contributed by atoms with Gasteiger partial charge in [-0.1, -0.05) is 5.16 Å². The van der Waals surface area contributed by atoms with Gasteiger partial charge in [0.1, 0.15) is 11.4 Å². The van der Waals surface area contributed by atoms with E-state index in [1.54, 1.807) is 13.0 Å². The Morgan fingerprint density at radius 3 is 2.58 bits per heavy atom. The minimum atomic E-state index is -0.507. The van der Waals surface area contributed by atoms with Crippen LogP contribution in [0.15, 0.2) is 34.9 Å². The van der Waals surface area contributed by atoms with E-state index in [2.05, 4.69) is 5.16 Å². The van der Waals surface area contributed by atoms with Crippen molar-refractivity contribution < 1.29 is 18.8 Å². The second-order valence-electron chi connectivity index (χ2n) is 3.75. The van der Waals surface area contributed by atoms with Crippen LogP contribution in [0.25, 0.3) is 11.3 Å². The molecule has 0 aliphatic rings. The lowest BCUT2D eigenvalue weighted by molar-refractivity contribution is 0.0480. The van der Waals surface area contributed by atoms with Crippen molar-refractivity contribution >= 4 is 5.97 Å². The number of aromatic nitrogens is 1. The molecule has 0 saturated heterocycles. The van der Waals surface area contributed by atoms with Gasteiger partial charge in [-0.05, 0) is 38.1 Å². The van der Waals surface area contributed by atoms with Crippen molar-refractivity contribution in [3.63, 3.8) is 0 Å². The van der Waals surface area contributed by atoms with Gasteiger partial charge in [0.2, 0.25) is 5.76 Å². The zero-order valence-corrected chi connectivity index (χ0v) is 10.9. The number of carbonyl (C=O) groups excluding carboxylic acids is 1. The van der Waals surface area contributed by atoms with Gasteiger partial charge in [0.05, 0.1) is 13.2 Å². The molecule has 0 aliphatic heterocycles. The average molecular weight is 261 g/mol. The van der Waals surface area contributed by atoms with Crippen LogP contribution in [0, 0.1) is 0 Å². The zero-order chi connectivity index (χ0) is 13.7. The van der Waals surface area contributed by atoms with Gasteiger partial charge in [-0.25, -0.2) is 4.79 Å². The molecule has 1 aromatic carbocycles. The Morgan fingerprint density at radius 1 is 1.21 bits per heavy atom. The number of benzene rings is 1. The summed E-state index contributed by atoms with van der Waals surface area (Å²) < 4.78 is 15.1. The SMILES string of the molecule is CCOC(=O)c1cc(-c2ccc(OCC)cc2)no1. The van der Waals surface area contributed by atoms with E-state index in [9.17, 15) is 4.79 Å². The van der Waals surface area contributed by atoms with Gasteiger partial charge in [-0.2, -0.15) is 0 Å². The lowest BCUT2D eigenvalue weighted by Gasteiger charge is -2.02. The summed E-state index contributed by atoms with van der Waals surface area (Å²) in [6.45, 7) is 4.59. The van der Waals surface area contributed by atoms with Crippen LogP contribution in [0.3, 0.4) is 0 Å². The van der Waals surface area contributed by atoms with E-state index >= 15 is 0 Å². The molecule has 19 heavy (non-hydrogen) atoms. The van der Waals surface area contributed by atoms with Crippen molar-refractivity contribution in [3.05, 3.63) is 36.1 Å². The minimum absolute atomic E-state index is 0.103. The largest absolute Gasteiger partial charge is 0.494 e. The third-order valence-corrected chi connectivity index (χ3v) is 2.45. The number of carbonyl (C=O) groups is 1. The fraction of sp³-hybridized carbons (Fsp3) is 0.286. The monoisotopic (exact) mass is 261 g/mol. The molecule has 1 aromatic heterocycles. The first kappa shape index (κ1) is 13.1. The highest BCUT2D eigenvalue weighted by Crippen LogP contribution is 2.22. The predicted molar refractivity (Wildman–Crippen MR) is 69.1 cm³/mol. The number of nitrogens with zero attached hydrogens (tertiary/aromatic N) is 1. The number of hydrogen-bond donors (Lipinski definition) is 0. The molecule has 0 unspecified atom stereocenters. The molecule has 100 valence electrons. The molecule has 0 atom stereocenters. The number of ether oxygens (including phenoxy) is 2. The van der Waals surface area contributed by atoms with Gasteiger partial charge in [0.25, 0.3) is 0 Å². The second kappa shape index (κ2) is 6.04. The van der Waals surface area contributed by atoms with Gasteiger partial charge >= 0.3 is 5.97 Å². The fourth-order valence-corrected chi connectivity index (χ4v) is 1.60. The molecule has 0 aliphatic carbocycles. The van der Waals surface area contributed by atoms with Crippen molar-refractivity contribution in [2.75, 3.05) is 13.2 Å². The van der Waals surface area contributed by atoms with Crippen molar-refractivity contribution in [3.8, 4) is 17.0 Å². The van der Waals surface area contributed by atoms with Crippen molar-refractivity contribution in [2.24, 2.45) is 0 Å². The Hall–Kier alpha value is -2.30. The normalized spacial score (nSPS) is 10.2. The molecule has 0 N–H and O–H groups in total. The molecule has 0 spiro atoms. The molecule has 0 radical (unpaired) electrons. The molecular weight excluding hydrogens is 246 g/mol. The molecule has 5 nitrogen and oxygen atoms in total. The van der Waals surface area contributed by atoms with Gasteiger partial charge in [-0.15, -0.1) is 0 Å². The van der Waals surface area contributed by atoms with Crippen LogP contribution < -0.4 is 4.74 Å². The smallest absolute Gasteiger partial charge is 0.377 e. The summed E-state index contributed by atoms with van der Waals surface area (Å²) in [5.74, 6) is 0.387. The third-order valence-electron chi connectivity index (χ3n) is 2.45. The quantitative estimate of drug-likeness (QED) is 0.774. The van der Waals surface area contributed by atoms with E-state index in [0.717, 1.165) is 11.3 Å². The molecule has 0 fully saturated rings. The van der Waals surface area contributed by atoms with Crippen LogP contribution in [-0.2, 0) is 4.74 Å². The summed E-state index contributed by atoms with van der Waals surface area (Å²) in [7, 11) is 0. The highest BCUT2D eigenvalue weighted by molar-refractivity contribution is 5.87. The number of esters is 1. The molecule has 0 bridgehead atoms. The Morgan fingerprint density at radius 2 is 1.95 bits per heavy atom. The summed E-state index contributed by atoms with van der Waals surface area (Å²) in [4.78, 5) is 11.5. The highest BCUT2D eigenvalue weighted by atomic mass is 16.6. The Kier molecular flexibility index (Phi) is 4.18. The van der Waals surface area contributed by atoms with Crippen LogP contribution in [0.1, 0.15) is 24.4 Å². The van der Waals surface area contributed by atoms with Gasteiger partial charge in [0.15, 0.2) is 0 Å². The summed E-state index contributed by atoms with van der Waals surface area (Å²) in [5.41, 5.74) is 1.44. The van der Waals surface area contributed by atoms with Crippen LogP contribution >= 0.6 is 0 Å². The van der Waals surface area contributed by atoms with Crippen molar-refractivity contribution in [1.82, 2.24) is 5.16 Å². The Labute approximate surface area is 111 Å². The summed E-state index contributed by atoms with van der Waals surface area (Å²) in [6.07, 6.45) is 0. The molecule has 0 amide bonds. The maximum Gasteiger partial charge on any atom is 0.377 e. The van der Waals surface area contributed by atoms with Crippen LogP contribution in [0.4, 0.5) is 0 Å². The first-order valence-corrected chi connectivity index (χ1v) is 6.11. The van der Waals surface area contributed by atoms with Crippen LogP contribution in [-0.4, -0.2) is 24.3 Å². The first-order chi connectivity index (χ1) is 9.24. The van der Waals surface area contributed by atoms with Crippen LogP contribution in [0.5, 0.6) is 5.75 Å². The minimum Gasteiger partial charge on any atom is -0.494 e. The van der Waals surface area contributed by atoms with E-state index < -0.39 is 5.97 Å². The highest BCUT2D eigenvalue weighted by Gasteiger charge is 2.14. The summed E-state index contributed by atoms with van der Waals surface area (Å²) >= 11 is 0. The summed E-state index contributed by atoms with van der Waals surface area (Å²) in [6, 6.07) is 8.97. The van der Waals surface area contributed by atoms with E-state index in [4.69, 9.17) is 14.0 Å². The molecule has 5 heteroatoms. The third kappa shape index (κ3) is 3.13. The lowest BCUT2D eigenvalue weighted by atomic mass is 10.1. The first-order valence-electron chi connectivity index (χ1n) is 6.11. The second-order valence-corrected chi connectivity index (χ2v) is 3.75.